The third-order valence-corrected chi connectivity index (χ3v) is 0.833. The van der Waals surface area contributed by atoms with Crippen molar-refractivity contribution in [3.63, 3.8) is 0 Å². The zero-order valence-electron chi connectivity index (χ0n) is 6.15. The molecule has 0 rings (SSSR count). The van der Waals surface area contributed by atoms with Crippen molar-refractivity contribution in [1.82, 2.24) is 0 Å². The normalized spacial score (nSPS) is 11.0. The molecule has 0 atom stereocenters. The van der Waals surface area contributed by atoms with Gasteiger partial charge in [-0.05, 0) is 5.41 Å². The number of hydrogen-bond acceptors (Lipinski definition) is 2. The first-order valence-corrected chi connectivity index (χ1v) is 2.90. The van der Waals surface area contributed by atoms with Crippen molar-refractivity contribution in [2.45, 2.75) is 27.2 Å². The maximum atomic E-state index is 7.04. The molecular weight excluding hydrogens is 114 g/mol. The first kappa shape index (κ1) is 8.27. The van der Waals surface area contributed by atoms with Gasteiger partial charge in [-0.15, -0.1) is 5.11 Å². The van der Waals surface area contributed by atoms with Gasteiger partial charge in [0.1, 0.15) is 5.84 Å². The lowest BCUT2D eigenvalue weighted by Gasteiger charge is -2.15. The van der Waals surface area contributed by atoms with Crippen LogP contribution in [0.5, 0.6) is 0 Å². The number of rotatable bonds is 1. The standard InChI is InChI=1S/C6H13N3/c1-6(2,3)4-5(7)9-8/h7-8H,4H2,1-3H3. The van der Waals surface area contributed by atoms with Crippen molar-refractivity contribution in [2.24, 2.45) is 10.5 Å². The van der Waals surface area contributed by atoms with Crippen LogP contribution >= 0.6 is 0 Å². The van der Waals surface area contributed by atoms with Crippen LogP contribution in [-0.4, -0.2) is 5.84 Å². The second-order valence-corrected chi connectivity index (χ2v) is 3.30. The summed E-state index contributed by atoms with van der Waals surface area (Å²) in [5.74, 6) is 0.155. The Kier molecular flexibility index (Phi) is 2.49. The fourth-order valence-electron chi connectivity index (χ4n) is 0.542. The summed E-state index contributed by atoms with van der Waals surface area (Å²) in [6.07, 6.45) is 0.580. The number of nitrogens with one attached hydrogen (secondary N) is 2. The Bertz CT molecular complexity index is 121. The Morgan fingerprint density at radius 3 is 2.00 bits per heavy atom. The van der Waals surface area contributed by atoms with Crippen LogP contribution in [0.2, 0.25) is 0 Å². The number of nitrogens with zero attached hydrogens (tertiary/aromatic N) is 1. The average Bonchev–Trinajstić information content (AvgIpc) is 1.62. The molecule has 0 aromatic rings. The van der Waals surface area contributed by atoms with Gasteiger partial charge in [0.25, 0.3) is 0 Å². The molecule has 0 spiro atoms. The van der Waals surface area contributed by atoms with Crippen molar-refractivity contribution in [3.8, 4) is 0 Å². The van der Waals surface area contributed by atoms with Gasteiger partial charge in [-0.3, -0.25) is 5.41 Å². The van der Waals surface area contributed by atoms with Crippen molar-refractivity contribution < 1.29 is 0 Å². The zero-order chi connectivity index (χ0) is 7.49. The molecule has 3 nitrogen and oxygen atoms in total. The first-order valence-electron chi connectivity index (χ1n) is 2.90. The van der Waals surface area contributed by atoms with E-state index in [1.807, 2.05) is 20.8 Å². The average molecular weight is 127 g/mol. The van der Waals surface area contributed by atoms with E-state index in [1.165, 1.54) is 0 Å². The van der Waals surface area contributed by atoms with Crippen molar-refractivity contribution in [1.29, 1.82) is 10.9 Å². The number of hydrogen-bond donors (Lipinski definition) is 2. The summed E-state index contributed by atoms with van der Waals surface area (Å²) in [6.45, 7) is 6.06. The van der Waals surface area contributed by atoms with E-state index in [0.717, 1.165) is 0 Å². The van der Waals surface area contributed by atoms with E-state index in [0.29, 0.717) is 6.42 Å². The van der Waals surface area contributed by atoms with E-state index >= 15 is 0 Å². The summed E-state index contributed by atoms with van der Waals surface area (Å²) in [6, 6.07) is 0. The Morgan fingerprint density at radius 2 is 1.89 bits per heavy atom. The third-order valence-electron chi connectivity index (χ3n) is 0.833. The molecule has 9 heavy (non-hydrogen) atoms. The highest BCUT2D eigenvalue weighted by atomic mass is 15.0. The van der Waals surface area contributed by atoms with Crippen LogP contribution < -0.4 is 0 Å². The smallest absolute Gasteiger partial charge is 0.143 e. The lowest BCUT2D eigenvalue weighted by Crippen LogP contribution is -2.09. The zero-order valence-corrected chi connectivity index (χ0v) is 6.15. The minimum absolute atomic E-state index is 0.0850. The summed E-state index contributed by atoms with van der Waals surface area (Å²) in [5, 5.41) is 10.0. The lowest BCUT2D eigenvalue weighted by atomic mass is 9.92. The van der Waals surface area contributed by atoms with Gasteiger partial charge < -0.3 is 0 Å². The summed E-state index contributed by atoms with van der Waals surface area (Å²) in [5.41, 5.74) is 6.57. The highest BCUT2D eigenvalue weighted by Crippen LogP contribution is 2.18. The van der Waals surface area contributed by atoms with Gasteiger partial charge in [0, 0.05) is 6.42 Å². The van der Waals surface area contributed by atoms with Gasteiger partial charge in [0.05, 0.1) is 0 Å². The molecule has 0 aromatic heterocycles. The van der Waals surface area contributed by atoms with E-state index in [1.54, 1.807) is 0 Å². The summed E-state index contributed by atoms with van der Waals surface area (Å²) >= 11 is 0. The molecular formula is C6H13N3. The molecule has 0 aliphatic heterocycles. The van der Waals surface area contributed by atoms with Crippen molar-refractivity contribution in [3.05, 3.63) is 0 Å². The summed E-state index contributed by atoms with van der Waals surface area (Å²) in [7, 11) is 0. The predicted octanol–water partition coefficient (Wildman–Crippen LogP) is 2.43. The molecule has 0 aliphatic carbocycles. The molecule has 0 saturated carbocycles. The molecule has 0 aliphatic rings. The molecule has 52 valence electrons. The van der Waals surface area contributed by atoms with Crippen LogP contribution in [-0.2, 0) is 0 Å². The van der Waals surface area contributed by atoms with E-state index in [4.69, 9.17) is 10.9 Å². The predicted molar refractivity (Wildman–Crippen MR) is 36.9 cm³/mol. The minimum Gasteiger partial charge on any atom is -0.285 e. The van der Waals surface area contributed by atoms with Crippen LogP contribution in [0, 0.1) is 16.4 Å². The van der Waals surface area contributed by atoms with Crippen LogP contribution in [0.3, 0.4) is 0 Å². The third kappa shape index (κ3) is 5.14. The van der Waals surface area contributed by atoms with Gasteiger partial charge in [-0.1, -0.05) is 20.8 Å². The van der Waals surface area contributed by atoms with Crippen LogP contribution in [0.4, 0.5) is 0 Å². The van der Waals surface area contributed by atoms with Crippen LogP contribution in [0.25, 0.3) is 0 Å². The molecule has 0 fully saturated rings. The maximum Gasteiger partial charge on any atom is 0.143 e. The molecule has 0 amide bonds. The molecule has 0 aromatic carbocycles. The molecule has 0 unspecified atom stereocenters. The SMILES string of the molecule is CC(C)(C)CC(=N)N=N. The second-order valence-electron chi connectivity index (χ2n) is 3.30. The van der Waals surface area contributed by atoms with Gasteiger partial charge in [-0.25, -0.2) is 5.53 Å². The van der Waals surface area contributed by atoms with Gasteiger partial charge in [0.2, 0.25) is 0 Å². The topological polar surface area (TPSA) is 60.1 Å². The monoisotopic (exact) mass is 127 g/mol. The van der Waals surface area contributed by atoms with E-state index in [-0.39, 0.29) is 11.3 Å². The van der Waals surface area contributed by atoms with Crippen LogP contribution in [0.15, 0.2) is 5.11 Å². The van der Waals surface area contributed by atoms with Crippen LogP contribution in [0.1, 0.15) is 27.2 Å². The minimum atomic E-state index is 0.0850. The molecule has 0 heterocycles. The van der Waals surface area contributed by atoms with Gasteiger partial charge in [0.15, 0.2) is 0 Å². The van der Waals surface area contributed by atoms with Gasteiger partial charge >= 0.3 is 0 Å². The Balaban J connectivity index is 3.74. The molecule has 0 bridgehead atoms. The first-order chi connectivity index (χ1) is 3.95. The summed E-state index contributed by atoms with van der Waals surface area (Å²) in [4.78, 5) is 0. The Hall–Kier alpha value is -0.730. The largest absolute Gasteiger partial charge is 0.285 e. The highest BCUT2D eigenvalue weighted by Gasteiger charge is 2.12. The van der Waals surface area contributed by atoms with Crippen molar-refractivity contribution >= 4 is 5.84 Å². The van der Waals surface area contributed by atoms with E-state index in [2.05, 4.69) is 5.11 Å². The second kappa shape index (κ2) is 2.71. The Morgan fingerprint density at radius 1 is 1.44 bits per heavy atom. The molecule has 3 heteroatoms. The highest BCUT2D eigenvalue weighted by molar-refractivity contribution is 5.79. The molecule has 2 N–H and O–H groups in total. The molecule has 0 saturated heterocycles. The van der Waals surface area contributed by atoms with E-state index in [9.17, 15) is 0 Å². The maximum absolute atomic E-state index is 7.04. The Labute approximate surface area is 55.5 Å². The quantitative estimate of drug-likeness (QED) is 0.309. The van der Waals surface area contributed by atoms with E-state index < -0.39 is 0 Å². The fourth-order valence-corrected chi connectivity index (χ4v) is 0.542. The summed E-state index contributed by atoms with van der Waals surface area (Å²) < 4.78 is 0. The fraction of sp³-hybridized carbons (Fsp3) is 0.833. The lowest BCUT2D eigenvalue weighted by molar-refractivity contribution is 0.431. The number of amidine groups is 1. The van der Waals surface area contributed by atoms with Crippen molar-refractivity contribution in [2.75, 3.05) is 0 Å². The molecule has 0 radical (unpaired) electrons. The van der Waals surface area contributed by atoms with Gasteiger partial charge in [-0.2, -0.15) is 0 Å².